The summed E-state index contributed by atoms with van der Waals surface area (Å²) in [5.41, 5.74) is 6.90. The standard InChI is InChI=1S/C44H28O/c1-3-13-29(14-4-1)30-23-25-32(26-24-30)43-34-18-7-9-20-36(34)44(37-21-10-8-19-35(37)43)40-28-42-39(33-17-11-12-22-41(33)45-42)27-38(40)31-15-5-2-6-16-31/h1-28H/i11D,12D,17D,22D,27D,28D. The third kappa shape index (κ3) is 4.17. The molecule has 45 heavy (non-hydrogen) atoms. The zero-order valence-corrected chi connectivity index (χ0v) is 24.1. The summed E-state index contributed by atoms with van der Waals surface area (Å²) in [5, 5.41) is 4.11. The Hall–Kier alpha value is -5.92. The molecule has 0 bridgehead atoms. The molecule has 8 aromatic carbocycles. The van der Waals surface area contributed by atoms with Crippen molar-refractivity contribution in [1.82, 2.24) is 0 Å². The molecule has 1 nitrogen and oxygen atoms in total. The van der Waals surface area contributed by atoms with Crippen molar-refractivity contribution in [2.45, 2.75) is 0 Å². The molecule has 0 aliphatic heterocycles. The van der Waals surface area contributed by atoms with Gasteiger partial charge in [-0.3, -0.25) is 0 Å². The smallest absolute Gasteiger partial charge is 0.136 e. The largest absolute Gasteiger partial charge is 0.456 e. The van der Waals surface area contributed by atoms with Crippen molar-refractivity contribution in [2.75, 3.05) is 0 Å². The highest BCUT2D eigenvalue weighted by Crippen LogP contribution is 2.48. The number of benzene rings is 8. The summed E-state index contributed by atoms with van der Waals surface area (Å²) in [5.74, 6) is 0. The predicted molar refractivity (Wildman–Crippen MR) is 190 cm³/mol. The maximum absolute atomic E-state index is 9.82. The van der Waals surface area contributed by atoms with Crippen LogP contribution in [-0.4, -0.2) is 0 Å². The maximum atomic E-state index is 9.82. The first kappa shape index (κ1) is 20.1. The highest BCUT2D eigenvalue weighted by molar-refractivity contribution is 6.23. The fraction of sp³-hybridized carbons (Fsp3) is 0. The Bertz CT molecular complexity index is 2790. The highest BCUT2D eigenvalue weighted by Gasteiger charge is 2.21. The molecule has 0 spiro atoms. The number of para-hydroxylation sites is 1. The van der Waals surface area contributed by atoms with Crippen LogP contribution in [0.3, 0.4) is 0 Å². The van der Waals surface area contributed by atoms with E-state index in [-0.39, 0.29) is 46.1 Å². The van der Waals surface area contributed by atoms with Gasteiger partial charge in [0, 0.05) is 10.8 Å². The molecule has 0 atom stereocenters. The van der Waals surface area contributed by atoms with Crippen LogP contribution in [0.4, 0.5) is 0 Å². The van der Waals surface area contributed by atoms with E-state index in [1.165, 1.54) is 0 Å². The fourth-order valence-corrected chi connectivity index (χ4v) is 6.57. The molecule has 1 aromatic heterocycles. The van der Waals surface area contributed by atoms with E-state index in [1.54, 1.807) is 0 Å². The quantitative estimate of drug-likeness (QED) is 0.189. The van der Waals surface area contributed by atoms with E-state index in [2.05, 4.69) is 60.7 Å². The Morgan fingerprint density at radius 3 is 1.51 bits per heavy atom. The zero-order valence-electron chi connectivity index (χ0n) is 30.1. The van der Waals surface area contributed by atoms with Crippen molar-refractivity contribution in [2.24, 2.45) is 0 Å². The van der Waals surface area contributed by atoms with E-state index < -0.39 is 12.1 Å². The van der Waals surface area contributed by atoms with Crippen LogP contribution in [0.2, 0.25) is 0 Å². The van der Waals surface area contributed by atoms with E-state index in [0.29, 0.717) is 11.1 Å². The maximum Gasteiger partial charge on any atom is 0.136 e. The molecule has 210 valence electrons. The number of furan rings is 1. The Morgan fingerprint density at radius 1 is 0.356 bits per heavy atom. The Kier molecular flexibility index (Phi) is 4.63. The van der Waals surface area contributed by atoms with E-state index >= 15 is 0 Å². The van der Waals surface area contributed by atoms with Gasteiger partial charge in [0.05, 0.1) is 8.22 Å². The van der Waals surface area contributed by atoms with Gasteiger partial charge in [-0.1, -0.05) is 152 Å². The van der Waals surface area contributed by atoms with E-state index in [1.807, 2.05) is 72.8 Å². The second-order valence-corrected chi connectivity index (χ2v) is 11.2. The Balaban J connectivity index is 1.43. The normalized spacial score (nSPS) is 13.4. The van der Waals surface area contributed by atoms with Crippen molar-refractivity contribution in [3.8, 4) is 44.5 Å². The van der Waals surface area contributed by atoms with Gasteiger partial charge >= 0.3 is 0 Å². The minimum Gasteiger partial charge on any atom is -0.456 e. The third-order valence-electron chi connectivity index (χ3n) is 8.60. The first-order valence-corrected chi connectivity index (χ1v) is 15.0. The SMILES string of the molecule is [2H]c1c([2H])c([2H])c2c(oc3c([2H])c(-c4c5ccccc5c(-c5ccc(-c6ccccc6)cc5)c5ccccc45)c(-c4ccccc4)c([2H])c32)c1[2H]. The number of hydrogen-bond acceptors (Lipinski definition) is 1. The lowest BCUT2D eigenvalue weighted by Crippen LogP contribution is -1.93. The number of hydrogen-bond donors (Lipinski definition) is 0. The van der Waals surface area contributed by atoms with Crippen LogP contribution in [0, 0.1) is 0 Å². The summed E-state index contributed by atoms with van der Waals surface area (Å²) in [6.07, 6.45) is 0. The molecule has 0 radical (unpaired) electrons. The van der Waals surface area contributed by atoms with Crippen LogP contribution < -0.4 is 0 Å². The van der Waals surface area contributed by atoms with E-state index in [0.717, 1.165) is 54.9 Å². The van der Waals surface area contributed by atoms with E-state index in [9.17, 15) is 2.74 Å². The second kappa shape index (κ2) is 10.4. The molecule has 0 unspecified atom stereocenters. The van der Waals surface area contributed by atoms with Crippen LogP contribution in [0.1, 0.15) is 8.22 Å². The number of fused-ring (bicyclic) bond motifs is 5. The van der Waals surface area contributed by atoms with Crippen LogP contribution >= 0.6 is 0 Å². The summed E-state index contributed by atoms with van der Waals surface area (Å²) in [6.45, 7) is 0. The molecular weight excluding hydrogens is 544 g/mol. The Labute approximate surface area is 270 Å². The van der Waals surface area contributed by atoms with E-state index in [4.69, 9.17) is 9.90 Å². The summed E-state index contributed by atoms with van der Waals surface area (Å²) >= 11 is 0. The third-order valence-corrected chi connectivity index (χ3v) is 8.60. The lowest BCUT2D eigenvalue weighted by molar-refractivity contribution is 0.669. The Morgan fingerprint density at radius 2 is 0.867 bits per heavy atom. The summed E-state index contributed by atoms with van der Waals surface area (Å²) < 4.78 is 59.8. The minimum atomic E-state index is -0.419. The van der Waals surface area contributed by atoms with Crippen molar-refractivity contribution < 1.29 is 12.6 Å². The zero-order chi connectivity index (χ0) is 35.0. The second-order valence-electron chi connectivity index (χ2n) is 11.2. The van der Waals surface area contributed by atoms with Crippen molar-refractivity contribution in [3.63, 3.8) is 0 Å². The van der Waals surface area contributed by atoms with Crippen molar-refractivity contribution >= 4 is 43.5 Å². The van der Waals surface area contributed by atoms with Crippen molar-refractivity contribution in [3.05, 3.63) is 170 Å². The van der Waals surface area contributed by atoms with Crippen molar-refractivity contribution in [1.29, 1.82) is 0 Å². The predicted octanol–water partition coefficient (Wildman–Crippen LogP) is 12.6. The van der Waals surface area contributed by atoms with Gasteiger partial charge < -0.3 is 4.42 Å². The molecule has 1 heterocycles. The highest BCUT2D eigenvalue weighted by atomic mass is 16.3. The number of rotatable bonds is 4. The molecular formula is C44H28O. The van der Waals surface area contributed by atoms with Gasteiger partial charge in [-0.2, -0.15) is 0 Å². The van der Waals surface area contributed by atoms with Gasteiger partial charge in [0.2, 0.25) is 0 Å². The molecule has 0 fully saturated rings. The summed E-state index contributed by atoms with van der Waals surface area (Å²) in [7, 11) is 0. The molecule has 9 aromatic rings. The molecule has 0 saturated heterocycles. The molecule has 0 amide bonds. The average molecular weight is 579 g/mol. The first-order chi connectivity index (χ1) is 24.8. The summed E-state index contributed by atoms with van der Waals surface area (Å²) in [4.78, 5) is 0. The lowest BCUT2D eigenvalue weighted by Gasteiger charge is -2.20. The van der Waals surface area contributed by atoms with Gasteiger partial charge in [0.15, 0.2) is 0 Å². The average Bonchev–Trinajstić information content (AvgIpc) is 3.59. The molecule has 9 rings (SSSR count). The minimum absolute atomic E-state index is 0.0168. The van der Waals surface area contributed by atoms with Gasteiger partial charge in [0.1, 0.15) is 11.2 Å². The first-order valence-electron chi connectivity index (χ1n) is 18.0. The molecule has 0 aliphatic rings. The van der Waals surface area contributed by atoms with Crippen LogP contribution in [-0.2, 0) is 0 Å². The molecule has 0 N–H and O–H groups in total. The molecule has 1 heteroatoms. The molecule has 0 aliphatic carbocycles. The van der Waals surface area contributed by atoms with Crippen LogP contribution in [0.25, 0.3) is 88.0 Å². The van der Waals surface area contributed by atoms with Gasteiger partial charge in [-0.25, -0.2) is 0 Å². The fourth-order valence-electron chi connectivity index (χ4n) is 6.57. The lowest BCUT2D eigenvalue weighted by atomic mass is 9.83. The summed E-state index contributed by atoms with van der Waals surface area (Å²) in [6, 6.07) is 43.3. The molecule has 0 saturated carbocycles. The van der Waals surface area contributed by atoms with Crippen LogP contribution in [0.5, 0.6) is 0 Å². The topological polar surface area (TPSA) is 13.1 Å². The van der Waals surface area contributed by atoms with Gasteiger partial charge in [-0.15, -0.1) is 0 Å². The monoisotopic (exact) mass is 578 g/mol. The van der Waals surface area contributed by atoms with Crippen LogP contribution in [0.15, 0.2) is 174 Å². The van der Waals surface area contributed by atoms with Gasteiger partial charge in [-0.05, 0) is 84.2 Å². The van der Waals surface area contributed by atoms with Gasteiger partial charge in [0.25, 0.3) is 0 Å².